The van der Waals surface area contributed by atoms with Gasteiger partial charge in [0.1, 0.15) is 11.5 Å². The summed E-state index contributed by atoms with van der Waals surface area (Å²) < 4.78 is 5.81. The lowest BCUT2D eigenvalue weighted by atomic mass is 10.2. The van der Waals surface area contributed by atoms with Crippen LogP contribution in [0.2, 0.25) is 0 Å². The Morgan fingerprint density at radius 1 is 0.833 bits per heavy atom. The lowest BCUT2D eigenvalue weighted by Crippen LogP contribution is -2.05. The van der Waals surface area contributed by atoms with Crippen LogP contribution in [0, 0.1) is 6.92 Å². The van der Waals surface area contributed by atoms with Gasteiger partial charge in [-0.3, -0.25) is 0 Å². The first kappa shape index (κ1) is 15.8. The zero-order valence-corrected chi connectivity index (χ0v) is 13.6. The molecule has 3 nitrogen and oxygen atoms in total. The van der Waals surface area contributed by atoms with Gasteiger partial charge < -0.3 is 10.2 Å². The Kier molecular flexibility index (Phi) is 5.25. The standard InChI is InChI=1S/C21H20N2O/c1-17-7-11-20(12-8-17)24-21-13-9-19(10-14-21)16-23-22-15-18-5-3-2-4-6-18/h2-14,16,22H,15H2,1H3. The minimum absolute atomic E-state index is 0.714. The van der Waals surface area contributed by atoms with E-state index in [2.05, 4.69) is 29.6 Å². The highest BCUT2D eigenvalue weighted by Gasteiger charge is 1.97. The van der Waals surface area contributed by atoms with E-state index in [4.69, 9.17) is 4.74 Å². The average molecular weight is 316 g/mol. The maximum atomic E-state index is 5.81. The quantitative estimate of drug-likeness (QED) is 0.518. The van der Waals surface area contributed by atoms with Crippen LogP contribution in [0.25, 0.3) is 0 Å². The van der Waals surface area contributed by atoms with E-state index in [1.807, 2.05) is 66.7 Å². The van der Waals surface area contributed by atoms with Crippen molar-refractivity contribution in [3.63, 3.8) is 0 Å². The van der Waals surface area contributed by atoms with Gasteiger partial charge in [0.25, 0.3) is 0 Å². The predicted octanol–water partition coefficient (Wildman–Crippen LogP) is 4.91. The maximum absolute atomic E-state index is 5.81. The van der Waals surface area contributed by atoms with Crippen LogP contribution in [0.1, 0.15) is 16.7 Å². The largest absolute Gasteiger partial charge is 0.457 e. The molecule has 0 unspecified atom stereocenters. The highest BCUT2D eigenvalue weighted by molar-refractivity contribution is 5.79. The summed E-state index contributed by atoms with van der Waals surface area (Å²) in [6.07, 6.45) is 1.80. The molecule has 3 aromatic rings. The first-order chi connectivity index (χ1) is 11.8. The van der Waals surface area contributed by atoms with Gasteiger partial charge in [-0.15, -0.1) is 0 Å². The summed E-state index contributed by atoms with van der Waals surface area (Å²) in [6, 6.07) is 26.1. The van der Waals surface area contributed by atoms with Crippen molar-refractivity contribution in [1.82, 2.24) is 5.43 Å². The Morgan fingerprint density at radius 2 is 1.46 bits per heavy atom. The van der Waals surface area contributed by atoms with Crippen molar-refractivity contribution < 1.29 is 4.74 Å². The zero-order chi connectivity index (χ0) is 16.6. The summed E-state index contributed by atoms with van der Waals surface area (Å²) in [7, 11) is 0. The van der Waals surface area contributed by atoms with Crippen molar-refractivity contribution in [2.75, 3.05) is 0 Å². The summed E-state index contributed by atoms with van der Waals surface area (Å²) in [6.45, 7) is 2.77. The van der Waals surface area contributed by atoms with Gasteiger partial charge >= 0.3 is 0 Å². The van der Waals surface area contributed by atoms with E-state index in [0.717, 1.165) is 17.1 Å². The van der Waals surface area contributed by atoms with E-state index in [9.17, 15) is 0 Å². The summed E-state index contributed by atoms with van der Waals surface area (Å²) in [5.74, 6) is 1.65. The Balaban J connectivity index is 1.52. The number of aryl methyl sites for hydroxylation is 1. The third kappa shape index (κ3) is 4.71. The lowest BCUT2D eigenvalue weighted by molar-refractivity contribution is 0.482. The minimum Gasteiger partial charge on any atom is -0.457 e. The summed E-state index contributed by atoms with van der Waals surface area (Å²) in [5.41, 5.74) is 6.49. The second-order valence-electron chi connectivity index (χ2n) is 5.56. The number of nitrogens with zero attached hydrogens (tertiary/aromatic N) is 1. The van der Waals surface area contributed by atoms with E-state index in [-0.39, 0.29) is 0 Å². The molecule has 0 spiro atoms. The second kappa shape index (κ2) is 7.97. The smallest absolute Gasteiger partial charge is 0.127 e. The van der Waals surface area contributed by atoms with E-state index >= 15 is 0 Å². The van der Waals surface area contributed by atoms with E-state index in [0.29, 0.717) is 6.54 Å². The Labute approximate surface area is 142 Å². The van der Waals surface area contributed by atoms with Crippen molar-refractivity contribution in [3.8, 4) is 11.5 Å². The zero-order valence-electron chi connectivity index (χ0n) is 13.6. The van der Waals surface area contributed by atoms with Crippen molar-refractivity contribution in [1.29, 1.82) is 0 Å². The Morgan fingerprint density at radius 3 is 2.12 bits per heavy atom. The third-order valence-electron chi connectivity index (χ3n) is 3.57. The summed E-state index contributed by atoms with van der Waals surface area (Å²) >= 11 is 0. The molecule has 0 atom stereocenters. The molecule has 0 fully saturated rings. The van der Waals surface area contributed by atoms with Crippen LogP contribution in [0.3, 0.4) is 0 Å². The predicted molar refractivity (Wildman–Crippen MR) is 98.6 cm³/mol. The topological polar surface area (TPSA) is 33.6 Å². The van der Waals surface area contributed by atoms with Gasteiger partial charge in [0, 0.05) is 0 Å². The fourth-order valence-electron chi connectivity index (χ4n) is 2.22. The van der Waals surface area contributed by atoms with Crippen LogP contribution in [-0.4, -0.2) is 6.21 Å². The van der Waals surface area contributed by atoms with Gasteiger partial charge in [-0.1, -0.05) is 48.0 Å². The SMILES string of the molecule is Cc1ccc(Oc2ccc(C=NNCc3ccccc3)cc2)cc1. The monoisotopic (exact) mass is 316 g/mol. The molecule has 24 heavy (non-hydrogen) atoms. The number of rotatable bonds is 6. The van der Waals surface area contributed by atoms with Crippen LogP contribution >= 0.6 is 0 Å². The van der Waals surface area contributed by atoms with Crippen LogP contribution in [-0.2, 0) is 6.54 Å². The molecule has 0 radical (unpaired) electrons. The molecule has 120 valence electrons. The van der Waals surface area contributed by atoms with Gasteiger partial charge in [0.15, 0.2) is 0 Å². The van der Waals surface area contributed by atoms with Crippen LogP contribution in [0.15, 0.2) is 84.0 Å². The molecule has 0 saturated carbocycles. The fraction of sp³-hybridized carbons (Fsp3) is 0.0952. The van der Waals surface area contributed by atoms with E-state index in [1.54, 1.807) is 6.21 Å². The normalized spacial score (nSPS) is 10.7. The number of hydrogen-bond donors (Lipinski definition) is 1. The molecule has 0 aliphatic rings. The van der Waals surface area contributed by atoms with Crippen LogP contribution in [0.5, 0.6) is 11.5 Å². The van der Waals surface area contributed by atoms with Crippen molar-refractivity contribution in [3.05, 3.63) is 95.6 Å². The molecule has 0 saturated heterocycles. The average Bonchev–Trinajstić information content (AvgIpc) is 2.63. The first-order valence-corrected chi connectivity index (χ1v) is 7.94. The molecule has 3 heteroatoms. The van der Waals surface area contributed by atoms with Crippen molar-refractivity contribution in [2.24, 2.45) is 5.10 Å². The van der Waals surface area contributed by atoms with Gasteiger partial charge in [-0.25, -0.2) is 0 Å². The molecule has 3 aromatic carbocycles. The molecular formula is C21H20N2O. The lowest BCUT2D eigenvalue weighted by Gasteiger charge is -2.06. The molecule has 0 aliphatic heterocycles. The molecule has 0 aromatic heterocycles. The number of nitrogens with one attached hydrogen (secondary N) is 1. The highest BCUT2D eigenvalue weighted by Crippen LogP contribution is 2.21. The van der Waals surface area contributed by atoms with Crippen LogP contribution < -0.4 is 10.2 Å². The fourth-order valence-corrected chi connectivity index (χ4v) is 2.22. The Bertz CT molecular complexity index is 778. The van der Waals surface area contributed by atoms with Crippen LogP contribution in [0.4, 0.5) is 0 Å². The molecule has 0 amide bonds. The molecular weight excluding hydrogens is 296 g/mol. The number of hydrogen-bond acceptors (Lipinski definition) is 3. The number of ether oxygens (including phenoxy) is 1. The molecule has 0 heterocycles. The second-order valence-corrected chi connectivity index (χ2v) is 5.56. The maximum Gasteiger partial charge on any atom is 0.127 e. The molecule has 0 aliphatic carbocycles. The molecule has 0 bridgehead atoms. The highest BCUT2D eigenvalue weighted by atomic mass is 16.5. The third-order valence-corrected chi connectivity index (χ3v) is 3.57. The molecule has 1 N–H and O–H groups in total. The van der Waals surface area contributed by atoms with Crippen molar-refractivity contribution in [2.45, 2.75) is 13.5 Å². The van der Waals surface area contributed by atoms with Gasteiger partial charge in [0.05, 0.1) is 12.8 Å². The van der Waals surface area contributed by atoms with E-state index in [1.165, 1.54) is 11.1 Å². The first-order valence-electron chi connectivity index (χ1n) is 7.94. The minimum atomic E-state index is 0.714. The van der Waals surface area contributed by atoms with Gasteiger partial charge in [-0.05, 0) is 54.4 Å². The summed E-state index contributed by atoms with van der Waals surface area (Å²) in [4.78, 5) is 0. The molecule has 3 rings (SSSR count). The summed E-state index contributed by atoms with van der Waals surface area (Å²) in [5, 5.41) is 4.24. The number of hydrazone groups is 1. The number of benzene rings is 3. The van der Waals surface area contributed by atoms with E-state index < -0.39 is 0 Å². The Hall–Kier alpha value is -3.07. The van der Waals surface area contributed by atoms with Crippen molar-refractivity contribution >= 4 is 6.21 Å². The van der Waals surface area contributed by atoms with Gasteiger partial charge in [0.2, 0.25) is 0 Å². The van der Waals surface area contributed by atoms with Gasteiger partial charge in [-0.2, -0.15) is 5.10 Å².